The number of amides is 2. The van der Waals surface area contributed by atoms with E-state index in [1.54, 1.807) is 6.92 Å². The van der Waals surface area contributed by atoms with E-state index in [4.69, 9.17) is 4.74 Å². The molecule has 2 atom stereocenters. The average molecular weight is 451 g/mol. The van der Waals surface area contributed by atoms with Gasteiger partial charge < -0.3 is 20.1 Å². The second-order valence-corrected chi connectivity index (χ2v) is 8.16. The lowest BCUT2D eigenvalue weighted by atomic mass is 9.98. The Labute approximate surface area is 194 Å². The van der Waals surface area contributed by atoms with Gasteiger partial charge in [-0.2, -0.15) is 0 Å². The van der Waals surface area contributed by atoms with Gasteiger partial charge in [0.15, 0.2) is 0 Å². The highest BCUT2D eigenvalue weighted by atomic mass is 16.5. The van der Waals surface area contributed by atoms with E-state index in [1.165, 1.54) is 11.0 Å². The van der Waals surface area contributed by atoms with Gasteiger partial charge in [0.2, 0.25) is 5.91 Å². The molecule has 0 spiro atoms. The van der Waals surface area contributed by atoms with Gasteiger partial charge in [-0.25, -0.2) is 4.79 Å². The van der Waals surface area contributed by atoms with E-state index in [1.807, 2.05) is 43.3 Å². The van der Waals surface area contributed by atoms with Gasteiger partial charge in [-0.3, -0.25) is 9.59 Å². The quantitative estimate of drug-likeness (QED) is 0.530. The first-order chi connectivity index (χ1) is 15.9. The van der Waals surface area contributed by atoms with Crippen molar-refractivity contribution in [3.05, 3.63) is 72.3 Å². The van der Waals surface area contributed by atoms with Gasteiger partial charge in [0, 0.05) is 12.0 Å². The summed E-state index contributed by atoms with van der Waals surface area (Å²) in [5, 5.41) is 11.8. The summed E-state index contributed by atoms with van der Waals surface area (Å²) in [4.78, 5) is 38.2. The number of carboxylic acids is 1. The van der Waals surface area contributed by atoms with E-state index in [0.29, 0.717) is 6.42 Å². The maximum absolute atomic E-state index is 13.0. The fraction of sp³-hybridized carbons (Fsp3) is 0.346. The molecule has 2 aromatic carbocycles. The summed E-state index contributed by atoms with van der Waals surface area (Å²) in [5.74, 6) is -1.68. The zero-order valence-corrected chi connectivity index (χ0v) is 19.0. The third-order valence-corrected chi connectivity index (χ3v) is 6.05. The van der Waals surface area contributed by atoms with Crippen molar-refractivity contribution < 1.29 is 24.2 Å². The third kappa shape index (κ3) is 5.42. The molecule has 0 saturated heterocycles. The summed E-state index contributed by atoms with van der Waals surface area (Å²) >= 11 is 0. The molecule has 0 radical (unpaired) electrons. The maximum Gasteiger partial charge on any atom is 0.407 e. The van der Waals surface area contributed by atoms with Gasteiger partial charge in [-0.15, -0.1) is 6.58 Å². The summed E-state index contributed by atoms with van der Waals surface area (Å²) in [6, 6.07) is 14.8. The standard InChI is InChI=1S/C26H30N2O5/c1-4-10-23(25(31)28(15-24(29)30)17(3)5-2)27-26(32)33-16-22-20-13-8-6-11-18(20)19-12-7-9-14-21(19)22/h4,6-9,11-14,17,22-23H,1,5,10,15-16H2,2-3H3,(H,27,32)(H,29,30). The number of carbonyl (C=O) groups excluding carboxylic acids is 2. The fourth-order valence-corrected chi connectivity index (χ4v) is 4.19. The lowest BCUT2D eigenvalue weighted by Gasteiger charge is -2.30. The largest absolute Gasteiger partial charge is 0.480 e. The lowest BCUT2D eigenvalue weighted by Crippen LogP contribution is -2.52. The number of hydrogen-bond acceptors (Lipinski definition) is 4. The van der Waals surface area contributed by atoms with Crippen LogP contribution in [0.15, 0.2) is 61.2 Å². The fourth-order valence-electron chi connectivity index (χ4n) is 4.19. The second-order valence-electron chi connectivity index (χ2n) is 8.16. The Morgan fingerprint density at radius 1 is 1.12 bits per heavy atom. The molecule has 2 N–H and O–H groups in total. The highest BCUT2D eigenvalue weighted by Crippen LogP contribution is 2.44. The molecule has 7 nitrogen and oxygen atoms in total. The van der Waals surface area contributed by atoms with Gasteiger partial charge in [0.1, 0.15) is 19.2 Å². The molecule has 0 fully saturated rings. The zero-order chi connectivity index (χ0) is 24.0. The van der Waals surface area contributed by atoms with E-state index in [9.17, 15) is 19.5 Å². The topological polar surface area (TPSA) is 95.9 Å². The normalized spacial score (nSPS) is 13.9. The molecule has 7 heteroatoms. The Balaban J connectivity index is 1.70. The molecule has 0 saturated carbocycles. The van der Waals surface area contributed by atoms with Crippen LogP contribution in [0.2, 0.25) is 0 Å². The zero-order valence-electron chi connectivity index (χ0n) is 19.0. The second kappa shape index (κ2) is 10.8. The molecule has 3 rings (SSSR count). The van der Waals surface area contributed by atoms with Crippen molar-refractivity contribution in [1.82, 2.24) is 10.2 Å². The van der Waals surface area contributed by atoms with E-state index >= 15 is 0 Å². The molecule has 2 aromatic rings. The summed E-state index contributed by atoms with van der Waals surface area (Å²) in [5.41, 5.74) is 4.43. The molecule has 2 unspecified atom stereocenters. The monoisotopic (exact) mass is 450 g/mol. The molecule has 0 heterocycles. The SMILES string of the molecule is C=CCC(NC(=O)OCC1c2ccccc2-c2ccccc21)C(=O)N(CC(=O)O)C(C)CC. The van der Waals surface area contributed by atoms with Gasteiger partial charge in [-0.05, 0) is 42.0 Å². The summed E-state index contributed by atoms with van der Waals surface area (Å²) in [7, 11) is 0. The van der Waals surface area contributed by atoms with Crippen LogP contribution in [-0.4, -0.2) is 53.2 Å². The van der Waals surface area contributed by atoms with E-state index < -0.39 is 30.6 Å². The van der Waals surface area contributed by atoms with Gasteiger partial charge in [-0.1, -0.05) is 61.5 Å². The van der Waals surface area contributed by atoms with Crippen molar-refractivity contribution in [2.24, 2.45) is 0 Å². The number of carbonyl (C=O) groups is 3. The van der Waals surface area contributed by atoms with Crippen LogP contribution in [0.3, 0.4) is 0 Å². The average Bonchev–Trinajstić information content (AvgIpc) is 3.13. The van der Waals surface area contributed by atoms with Crippen LogP contribution in [0.4, 0.5) is 4.79 Å². The molecule has 2 amide bonds. The molecule has 174 valence electrons. The number of carboxylic acid groups (broad SMARTS) is 1. The summed E-state index contributed by atoms with van der Waals surface area (Å²) in [6.07, 6.45) is 1.54. The molecule has 1 aliphatic rings. The minimum Gasteiger partial charge on any atom is -0.480 e. The predicted octanol–water partition coefficient (Wildman–Crippen LogP) is 4.18. The van der Waals surface area contributed by atoms with Crippen LogP contribution in [0.5, 0.6) is 0 Å². The number of rotatable bonds is 10. The van der Waals surface area contributed by atoms with Gasteiger partial charge in [0.25, 0.3) is 0 Å². The number of nitrogens with one attached hydrogen (secondary N) is 1. The first-order valence-corrected chi connectivity index (χ1v) is 11.1. The first kappa shape index (κ1) is 24.0. The molecule has 0 bridgehead atoms. The smallest absolute Gasteiger partial charge is 0.407 e. The Hall–Kier alpha value is -3.61. The number of alkyl carbamates (subject to hydrolysis) is 1. The van der Waals surface area contributed by atoms with Crippen molar-refractivity contribution in [3.8, 4) is 11.1 Å². The van der Waals surface area contributed by atoms with Crippen molar-refractivity contribution in [3.63, 3.8) is 0 Å². The summed E-state index contributed by atoms with van der Waals surface area (Å²) in [6.45, 7) is 6.99. The molecule has 0 aliphatic heterocycles. The Bertz CT molecular complexity index is 989. The number of benzene rings is 2. The highest BCUT2D eigenvalue weighted by Gasteiger charge is 2.31. The van der Waals surface area contributed by atoms with Gasteiger partial charge in [0.05, 0.1) is 0 Å². The van der Waals surface area contributed by atoms with E-state index in [0.717, 1.165) is 22.3 Å². The minimum atomic E-state index is -1.11. The molecule has 0 aromatic heterocycles. The van der Waals surface area contributed by atoms with Crippen molar-refractivity contribution in [2.75, 3.05) is 13.2 Å². The number of hydrogen-bond donors (Lipinski definition) is 2. The Morgan fingerprint density at radius 2 is 1.70 bits per heavy atom. The number of fused-ring (bicyclic) bond motifs is 3. The Kier molecular flexibility index (Phi) is 7.87. The van der Waals surface area contributed by atoms with Crippen LogP contribution >= 0.6 is 0 Å². The van der Waals surface area contributed by atoms with Crippen LogP contribution in [0.25, 0.3) is 11.1 Å². The predicted molar refractivity (Wildman–Crippen MR) is 126 cm³/mol. The third-order valence-electron chi connectivity index (χ3n) is 6.05. The number of ether oxygens (including phenoxy) is 1. The van der Waals surface area contributed by atoms with Crippen LogP contribution in [-0.2, 0) is 14.3 Å². The molecular weight excluding hydrogens is 420 g/mol. The minimum absolute atomic E-state index is 0.0969. The summed E-state index contributed by atoms with van der Waals surface area (Å²) < 4.78 is 5.54. The Morgan fingerprint density at radius 3 is 2.21 bits per heavy atom. The van der Waals surface area contributed by atoms with Crippen molar-refractivity contribution >= 4 is 18.0 Å². The van der Waals surface area contributed by atoms with Crippen LogP contribution < -0.4 is 5.32 Å². The molecule has 33 heavy (non-hydrogen) atoms. The van der Waals surface area contributed by atoms with E-state index in [2.05, 4.69) is 24.0 Å². The van der Waals surface area contributed by atoms with Gasteiger partial charge >= 0.3 is 12.1 Å². The van der Waals surface area contributed by atoms with Crippen molar-refractivity contribution in [1.29, 1.82) is 0 Å². The molecule has 1 aliphatic carbocycles. The van der Waals surface area contributed by atoms with E-state index in [-0.39, 0.29) is 25.0 Å². The first-order valence-electron chi connectivity index (χ1n) is 11.1. The van der Waals surface area contributed by atoms with Crippen molar-refractivity contribution in [2.45, 2.75) is 44.7 Å². The maximum atomic E-state index is 13.0. The van der Waals surface area contributed by atoms with Crippen LogP contribution in [0.1, 0.15) is 43.7 Å². The highest BCUT2D eigenvalue weighted by molar-refractivity contribution is 5.88. The number of nitrogens with zero attached hydrogens (tertiary/aromatic N) is 1. The number of aliphatic carboxylic acids is 1. The lowest BCUT2D eigenvalue weighted by molar-refractivity contribution is -0.147. The van der Waals surface area contributed by atoms with Crippen LogP contribution in [0, 0.1) is 0 Å². The molecular formula is C26H30N2O5.